The van der Waals surface area contributed by atoms with Crippen molar-refractivity contribution in [1.82, 2.24) is 9.97 Å². The Balaban J connectivity index is 1.66. The number of hydrogen-bond acceptors (Lipinski definition) is 5. The van der Waals surface area contributed by atoms with Crippen LogP contribution in [-0.4, -0.2) is 15.9 Å². The fourth-order valence-corrected chi connectivity index (χ4v) is 3.77. The molecular formula is C19H20N2O3S. The van der Waals surface area contributed by atoms with Crippen molar-refractivity contribution < 1.29 is 9.53 Å². The van der Waals surface area contributed by atoms with Crippen molar-refractivity contribution in [3.63, 3.8) is 0 Å². The van der Waals surface area contributed by atoms with Crippen LogP contribution in [0.5, 0.6) is 0 Å². The van der Waals surface area contributed by atoms with Gasteiger partial charge in [0.2, 0.25) is 0 Å². The molecule has 6 heteroatoms. The standard InChI is InChI=1S/C19H20N2O3S/c1-11(14-7-5-4-6-8-14)9-16(22)24-10-15-20-18(23)17-12(2)13(3)25-19(17)21-15/h4-8,11H,9-10H2,1-3H3,(H,20,21,23). The van der Waals surface area contributed by atoms with Crippen molar-refractivity contribution >= 4 is 27.5 Å². The first-order valence-electron chi connectivity index (χ1n) is 8.15. The minimum Gasteiger partial charge on any atom is -0.457 e. The number of thiophene rings is 1. The highest BCUT2D eigenvalue weighted by Gasteiger charge is 2.15. The minimum absolute atomic E-state index is 0.0263. The van der Waals surface area contributed by atoms with E-state index in [0.29, 0.717) is 16.0 Å². The fraction of sp³-hybridized carbons (Fsp3) is 0.316. The van der Waals surface area contributed by atoms with Gasteiger partial charge < -0.3 is 9.72 Å². The molecule has 1 atom stereocenters. The molecule has 0 spiro atoms. The maximum Gasteiger partial charge on any atom is 0.306 e. The van der Waals surface area contributed by atoms with Gasteiger partial charge in [0.05, 0.1) is 11.8 Å². The third-order valence-corrected chi connectivity index (χ3v) is 5.40. The zero-order valence-electron chi connectivity index (χ0n) is 14.5. The molecule has 2 aromatic heterocycles. The third-order valence-electron chi connectivity index (χ3n) is 4.30. The smallest absolute Gasteiger partial charge is 0.306 e. The molecule has 0 aliphatic carbocycles. The maximum absolute atomic E-state index is 12.2. The van der Waals surface area contributed by atoms with Crippen LogP contribution < -0.4 is 5.56 Å². The molecule has 3 aromatic rings. The number of nitrogens with zero attached hydrogens (tertiary/aromatic N) is 1. The summed E-state index contributed by atoms with van der Waals surface area (Å²) in [6.45, 7) is 5.84. The molecule has 25 heavy (non-hydrogen) atoms. The first-order chi connectivity index (χ1) is 12.0. The van der Waals surface area contributed by atoms with Gasteiger partial charge in [0, 0.05) is 4.88 Å². The van der Waals surface area contributed by atoms with Crippen molar-refractivity contribution in [3.05, 3.63) is 62.5 Å². The molecule has 0 aliphatic heterocycles. The van der Waals surface area contributed by atoms with Gasteiger partial charge in [0.25, 0.3) is 5.56 Å². The fourth-order valence-electron chi connectivity index (χ4n) is 2.72. The van der Waals surface area contributed by atoms with E-state index in [9.17, 15) is 9.59 Å². The van der Waals surface area contributed by atoms with E-state index < -0.39 is 0 Å². The summed E-state index contributed by atoms with van der Waals surface area (Å²) in [5.41, 5.74) is 1.86. The van der Waals surface area contributed by atoms with Crippen molar-refractivity contribution in [3.8, 4) is 0 Å². The van der Waals surface area contributed by atoms with Gasteiger partial charge in [-0.2, -0.15) is 0 Å². The van der Waals surface area contributed by atoms with Crippen LogP contribution in [0.15, 0.2) is 35.1 Å². The molecule has 0 saturated heterocycles. The lowest BCUT2D eigenvalue weighted by molar-refractivity contribution is -0.145. The molecular weight excluding hydrogens is 336 g/mol. The SMILES string of the molecule is Cc1sc2nc(COC(=O)CC(C)c3ccccc3)[nH]c(=O)c2c1C. The summed E-state index contributed by atoms with van der Waals surface area (Å²) in [5.74, 6) is 0.142. The van der Waals surface area contributed by atoms with Crippen molar-refractivity contribution in [2.45, 2.75) is 39.7 Å². The Labute approximate surface area is 149 Å². The Hall–Kier alpha value is -2.47. The Morgan fingerprint density at radius 2 is 2.00 bits per heavy atom. The van der Waals surface area contributed by atoms with Crippen LogP contribution in [-0.2, 0) is 16.1 Å². The first kappa shape index (κ1) is 17.4. The van der Waals surface area contributed by atoms with E-state index in [-0.39, 0.29) is 30.5 Å². The lowest BCUT2D eigenvalue weighted by Crippen LogP contribution is -2.15. The highest BCUT2D eigenvalue weighted by atomic mass is 32.1. The van der Waals surface area contributed by atoms with Gasteiger partial charge >= 0.3 is 5.97 Å². The Bertz CT molecular complexity index is 960. The number of rotatable bonds is 5. The number of carbonyl (C=O) groups excluding carboxylic acids is 1. The van der Waals surface area contributed by atoms with E-state index in [2.05, 4.69) is 9.97 Å². The largest absolute Gasteiger partial charge is 0.457 e. The molecule has 1 unspecified atom stereocenters. The van der Waals surface area contributed by atoms with Crippen LogP contribution in [0, 0.1) is 13.8 Å². The molecule has 0 aliphatic rings. The van der Waals surface area contributed by atoms with Crippen molar-refractivity contribution in [1.29, 1.82) is 0 Å². The molecule has 2 heterocycles. The van der Waals surface area contributed by atoms with Gasteiger partial charge in [0.1, 0.15) is 17.3 Å². The molecule has 1 aromatic carbocycles. The quantitative estimate of drug-likeness (QED) is 0.705. The maximum atomic E-state index is 12.2. The molecule has 0 amide bonds. The minimum atomic E-state index is -0.308. The number of fused-ring (bicyclic) bond motifs is 1. The lowest BCUT2D eigenvalue weighted by atomic mass is 9.98. The van der Waals surface area contributed by atoms with E-state index in [1.807, 2.05) is 51.1 Å². The summed E-state index contributed by atoms with van der Waals surface area (Å²) in [6, 6.07) is 9.83. The molecule has 0 fully saturated rings. The summed E-state index contributed by atoms with van der Waals surface area (Å²) in [6.07, 6.45) is 0.285. The Morgan fingerprint density at radius 3 is 2.72 bits per heavy atom. The second-order valence-electron chi connectivity index (χ2n) is 6.15. The number of ether oxygens (including phenoxy) is 1. The number of nitrogens with one attached hydrogen (secondary N) is 1. The second-order valence-corrected chi connectivity index (χ2v) is 7.36. The van der Waals surface area contributed by atoms with Gasteiger partial charge in [-0.1, -0.05) is 37.3 Å². The van der Waals surface area contributed by atoms with Gasteiger partial charge in [0.15, 0.2) is 0 Å². The molecule has 0 radical (unpaired) electrons. The van der Waals surface area contributed by atoms with Crippen molar-refractivity contribution in [2.75, 3.05) is 0 Å². The average molecular weight is 356 g/mol. The monoisotopic (exact) mass is 356 g/mol. The molecule has 5 nitrogen and oxygen atoms in total. The highest BCUT2D eigenvalue weighted by molar-refractivity contribution is 7.18. The highest BCUT2D eigenvalue weighted by Crippen LogP contribution is 2.25. The van der Waals surface area contributed by atoms with Gasteiger partial charge in [-0.3, -0.25) is 9.59 Å². The zero-order valence-corrected chi connectivity index (χ0v) is 15.3. The van der Waals surface area contributed by atoms with Crippen LogP contribution in [0.3, 0.4) is 0 Å². The first-order valence-corrected chi connectivity index (χ1v) is 8.97. The van der Waals surface area contributed by atoms with Crippen LogP contribution in [0.25, 0.3) is 10.2 Å². The topological polar surface area (TPSA) is 72.0 Å². The molecule has 0 bridgehead atoms. The summed E-state index contributed by atoms with van der Waals surface area (Å²) >= 11 is 1.48. The molecule has 130 valence electrons. The average Bonchev–Trinajstić information content (AvgIpc) is 2.88. The van der Waals surface area contributed by atoms with E-state index in [0.717, 1.165) is 16.0 Å². The summed E-state index contributed by atoms with van der Waals surface area (Å²) in [4.78, 5) is 33.2. The predicted octanol–water partition coefficient (Wildman–Crippen LogP) is 3.84. The van der Waals surface area contributed by atoms with Gasteiger partial charge in [-0.05, 0) is 30.9 Å². The van der Waals surface area contributed by atoms with E-state index in [1.54, 1.807) is 0 Å². The number of benzene rings is 1. The van der Waals surface area contributed by atoms with Gasteiger partial charge in [-0.15, -0.1) is 11.3 Å². The number of carbonyl (C=O) groups is 1. The second kappa shape index (κ2) is 7.19. The summed E-state index contributed by atoms with van der Waals surface area (Å²) in [5, 5.41) is 0.621. The number of aryl methyl sites for hydroxylation is 2. The van der Waals surface area contributed by atoms with Gasteiger partial charge in [-0.25, -0.2) is 4.98 Å². The van der Waals surface area contributed by atoms with Crippen LogP contribution in [0.2, 0.25) is 0 Å². The molecule has 0 saturated carbocycles. The number of aromatic nitrogens is 2. The summed E-state index contributed by atoms with van der Waals surface area (Å²) in [7, 11) is 0. The van der Waals surface area contributed by atoms with E-state index in [4.69, 9.17) is 4.74 Å². The number of H-pyrrole nitrogens is 1. The molecule has 1 N–H and O–H groups in total. The van der Waals surface area contributed by atoms with Crippen LogP contribution in [0.1, 0.15) is 41.1 Å². The van der Waals surface area contributed by atoms with Crippen molar-refractivity contribution in [2.24, 2.45) is 0 Å². The third kappa shape index (κ3) is 3.79. The number of hydrogen-bond donors (Lipinski definition) is 1. The molecule has 3 rings (SSSR count). The normalized spacial score (nSPS) is 12.3. The predicted molar refractivity (Wildman–Crippen MR) is 99.0 cm³/mol. The Morgan fingerprint density at radius 1 is 1.28 bits per heavy atom. The number of esters is 1. The Kier molecular flexibility index (Phi) is 4.99. The zero-order chi connectivity index (χ0) is 18.0. The number of aromatic amines is 1. The van der Waals surface area contributed by atoms with E-state index >= 15 is 0 Å². The van der Waals surface area contributed by atoms with E-state index in [1.165, 1.54) is 11.3 Å². The van der Waals surface area contributed by atoms with Crippen LogP contribution in [0.4, 0.5) is 0 Å². The summed E-state index contributed by atoms with van der Waals surface area (Å²) < 4.78 is 5.29. The lowest BCUT2D eigenvalue weighted by Gasteiger charge is -2.11. The van der Waals surface area contributed by atoms with Crippen LogP contribution >= 0.6 is 11.3 Å².